The van der Waals surface area contributed by atoms with E-state index in [1.54, 1.807) is 20.5 Å². The van der Waals surface area contributed by atoms with E-state index < -0.39 is 0 Å². The van der Waals surface area contributed by atoms with E-state index in [0.29, 0.717) is 35.0 Å². The van der Waals surface area contributed by atoms with Crippen LogP contribution in [0.15, 0.2) is 28.9 Å². The minimum Gasteiger partial charge on any atom is -0.497 e. The van der Waals surface area contributed by atoms with Crippen LogP contribution in [0.25, 0.3) is 11.0 Å². The molecule has 8 heteroatoms. The molecule has 0 bridgehead atoms. The molecule has 0 unspecified atom stereocenters. The molecule has 0 radical (unpaired) electrons. The number of fused-ring (bicyclic) bond motifs is 2. The maximum absolute atomic E-state index is 13.0. The maximum atomic E-state index is 13.0. The number of methoxy groups -OCH3 is 2. The highest BCUT2D eigenvalue weighted by Crippen LogP contribution is 2.38. The van der Waals surface area contributed by atoms with Crippen LogP contribution in [0.1, 0.15) is 45.6 Å². The van der Waals surface area contributed by atoms with Gasteiger partial charge in [-0.1, -0.05) is 0 Å². The first-order valence-corrected chi connectivity index (χ1v) is 11.7. The number of ether oxygens (including phenoxy) is 2. The molecule has 1 aliphatic carbocycles. The minimum atomic E-state index is -0.178. The van der Waals surface area contributed by atoms with Gasteiger partial charge in [0, 0.05) is 36.1 Å². The highest BCUT2D eigenvalue weighted by Gasteiger charge is 2.26. The number of hydrogen-bond acceptors (Lipinski definition) is 6. The van der Waals surface area contributed by atoms with Crippen molar-refractivity contribution in [2.24, 2.45) is 0 Å². The number of rotatable bonds is 9. The molecule has 7 nitrogen and oxygen atoms in total. The second-order valence-electron chi connectivity index (χ2n) is 7.87. The topological polar surface area (TPSA) is 89.8 Å². The van der Waals surface area contributed by atoms with Crippen LogP contribution in [0, 0.1) is 0 Å². The van der Waals surface area contributed by atoms with Crippen molar-refractivity contribution in [3.05, 3.63) is 46.0 Å². The molecule has 1 aromatic carbocycles. The Morgan fingerprint density at radius 2 is 2.03 bits per heavy atom. The first-order chi connectivity index (χ1) is 15.6. The fraction of sp³-hybridized carbons (Fsp3) is 0.417. The largest absolute Gasteiger partial charge is 0.497 e. The van der Waals surface area contributed by atoms with E-state index in [4.69, 9.17) is 13.9 Å². The van der Waals surface area contributed by atoms with E-state index in [-0.39, 0.29) is 18.2 Å². The summed E-state index contributed by atoms with van der Waals surface area (Å²) >= 11 is 1.52. The van der Waals surface area contributed by atoms with Gasteiger partial charge in [0.15, 0.2) is 0 Å². The van der Waals surface area contributed by atoms with Crippen molar-refractivity contribution in [2.45, 2.75) is 38.5 Å². The van der Waals surface area contributed by atoms with Gasteiger partial charge in [0.25, 0.3) is 5.91 Å². The van der Waals surface area contributed by atoms with Gasteiger partial charge >= 0.3 is 0 Å². The number of carbonyl (C=O) groups excluding carboxylic acids is 2. The Morgan fingerprint density at radius 3 is 2.84 bits per heavy atom. The SMILES string of the molecule is COCCCNC(=O)c1c(NC(=O)Cc2coc3ccc(OC)cc23)sc2c1CCCC2. The molecule has 0 saturated heterocycles. The molecule has 1 aliphatic rings. The Hall–Kier alpha value is -2.84. The lowest BCUT2D eigenvalue weighted by Crippen LogP contribution is -2.27. The predicted octanol–water partition coefficient (Wildman–Crippen LogP) is 4.33. The lowest BCUT2D eigenvalue weighted by atomic mass is 9.95. The number of hydrogen-bond donors (Lipinski definition) is 2. The average Bonchev–Trinajstić information content (AvgIpc) is 3.36. The Labute approximate surface area is 191 Å². The summed E-state index contributed by atoms with van der Waals surface area (Å²) in [7, 11) is 3.25. The van der Waals surface area contributed by atoms with Crippen molar-refractivity contribution in [3.63, 3.8) is 0 Å². The lowest BCUT2D eigenvalue weighted by molar-refractivity contribution is -0.115. The third-order valence-corrected chi connectivity index (χ3v) is 6.88. The third kappa shape index (κ3) is 4.81. The van der Waals surface area contributed by atoms with Crippen LogP contribution >= 0.6 is 11.3 Å². The molecule has 0 fully saturated rings. The van der Waals surface area contributed by atoms with Crippen molar-refractivity contribution in [1.29, 1.82) is 0 Å². The van der Waals surface area contributed by atoms with Gasteiger partial charge in [-0.05, 0) is 55.9 Å². The molecule has 170 valence electrons. The van der Waals surface area contributed by atoms with Crippen LogP contribution in [0.5, 0.6) is 5.75 Å². The molecule has 0 aliphatic heterocycles. The first kappa shape index (κ1) is 22.4. The summed E-state index contributed by atoms with van der Waals surface area (Å²) in [6, 6.07) is 5.52. The van der Waals surface area contributed by atoms with E-state index in [1.807, 2.05) is 18.2 Å². The van der Waals surface area contributed by atoms with E-state index in [0.717, 1.165) is 48.6 Å². The van der Waals surface area contributed by atoms with Crippen molar-refractivity contribution in [1.82, 2.24) is 5.32 Å². The second kappa shape index (κ2) is 10.2. The van der Waals surface area contributed by atoms with Gasteiger partial charge < -0.3 is 24.5 Å². The number of carbonyl (C=O) groups is 2. The van der Waals surface area contributed by atoms with E-state index in [1.165, 1.54) is 16.2 Å². The van der Waals surface area contributed by atoms with Gasteiger partial charge in [-0.25, -0.2) is 0 Å². The highest BCUT2D eigenvalue weighted by molar-refractivity contribution is 7.17. The van der Waals surface area contributed by atoms with Crippen molar-refractivity contribution >= 4 is 39.1 Å². The van der Waals surface area contributed by atoms with Crippen molar-refractivity contribution in [3.8, 4) is 5.75 Å². The van der Waals surface area contributed by atoms with Crippen LogP contribution in [0.2, 0.25) is 0 Å². The monoisotopic (exact) mass is 456 g/mol. The highest BCUT2D eigenvalue weighted by atomic mass is 32.1. The molecule has 4 rings (SSSR count). The molecular weight excluding hydrogens is 428 g/mol. The molecule has 0 saturated carbocycles. The number of thiophene rings is 1. The number of nitrogens with one attached hydrogen (secondary N) is 2. The molecule has 3 aromatic rings. The van der Waals surface area contributed by atoms with Gasteiger partial charge in [0.05, 0.1) is 25.4 Å². The molecule has 32 heavy (non-hydrogen) atoms. The van der Waals surface area contributed by atoms with Crippen molar-refractivity contribution in [2.75, 3.05) is 32.7 Å². The van der Waals surface area contributed by atoms with Gasteiger partial charge in [-0.2, -0.15) is 0 Å². The molecule has 2 heterocycles. The van der Waals surface area contributed by atoms with Crippen LogP contribution in [0.3, 0.4) is 0 Å². The minimum absolute atomic E-state index is 0.130. The predicted molar refractivity (Wildman–Crippen MR) is 125 cm³/mol. The van der Waals surface area contributed by atoms with Crippen LogP contribution in [-0.2, 0) is 28.8 Å². The van der Waals surface area contributed by atoms with E-state index in [2.05, 4.69) is 10.6 Å². The van der Waals surface area contributed by atoms with Crippen LogP contribution < -0.4 is 15.4 Å². The standard InChI is InChI=1S/C24H28N2O5S/c1-29-11-5-10-25-23(28)22-17-6-3-4-7-20(17)32-24(22)26-21(27)12-15-14-31-19-9-8-16(30-2)13-18(15)19/h8-9,13-14H,3-7,10-12H2,1-2H3,(H,25,28)(H,26,27). The molecule has 0 spiro atoms. The number of furan rings is 1. The summed E-state index contributed by atoms with van der Waals surface area (Å²) in [5.41, 5.74) is 3.19. The summed E-state index contributed by atoms with van der Waals surface area (Å²) < 4.78 is 15.9. The molecular formula is C24H28N2O5S. The molecule has 2 aromatic heterocycles. The van der Waals surface area contributed by atoms with E-state index >= 15 is 0 Å². The van der Waals surface area contributed by atoms with Gasteiger partial charge in [0.2, 0.25) is 5.91 Å². The summed E-state index contributed by atoms with van der Waals surface area (Å²) in [5.74, 6) is 0.399. The van der Waals surface area contributed by atoms with E-state index in [9.17, 15) is 9.59 Å². The summed E-state index contributed by atoms with van der Waals surface area (Å²) in [4.78, 5) is 27.1. The third-order valence-electron chi connectivity index (χ3n) is 5.67. The zero-order valence-corrected chi connectivity index (χ0v) is 19.2. The molecule has 0 atom stereocenters. The zero-order chi connectivity index (χ0) is 22.5. The fourth-order valence-electron chi connectivity index (χ4n) is 4.07. The second-order valence-corrected chi connectivity index (χ2v) is 8.97. The summed E-state index contributed by atoms with van der Waals surface area (Å²) in [5, 5.41) is 7.46. The quantitative estimate of drug-likeness (QED) is 0.468. The lowest BCUT2D eigenvalue weighted by Gasteiger charge is -2.13. The summed E-state index contributed by atoms with van der Waals surface area (Å²) in [6.07, 6.45) is 6.49. The maximum Gasteiger partial charge on any atom is 0.254 e. The smallest absolute Gasteiger partial charge is 0.254 e. The zero-order valence-electron chi connectivity index (χ0n) is 18.4. The number of anilines is 1. The average molecular weight is 457 g/mol. The molecule has 2 N–H and O–H groups in total. The molecule has 2 amide bonds. The van der Waals surface area contributed by atoms with Gasteiger partial charge in [0.1, 0.15) is 16.3 Å². The normalized spacial score (nSPS) is 13.1. The summed E-state index contributed by atoms with van der Waals surface area (Å²) in [6.45, 7) is 1.13. The number of benzene rings is 1. The van der Waals surface area contributed by atoms with Gasteiger partial charge in [-0.15, -0.1) is 11.3 Å². The van der Waals surface area contributed by atoms with Crippen LogP contribution in [0.4, 0.5) is 5.00 Å². The van der Waals surface area contributed by atoms with Crippen LogP contribution in [-0.4, -0.2) is 39.2 Å². The fourth-order valence-corrected chi connectivity index (χ4v) is 5.37. The number of aryl methyl sites for hydroxylation is 1. The first-order valence-electron chi connectivity index (χ1n) is 10.9. The Balaban J connectivity index is 1.52. The Bertz CT molecular complexity index is 1120. The van der Waals surface area contributed by atoms with Gasteiger partial charge in [-0.3, -0.25) is 9.59 Å². The van der Waals surface area contributed by atoms with Crippen molar-refractivity contribution < 1.29 is 23.5 Å². The Kier molecular flexibility index (Phi) is 7.12. The number of amides is 2. The Morgan fingerprint density at radius 1 is 1.19 bits per heavy atom.